The Morgan fingerprint density at radius 3 is 2.24 bits per heavy atom. The minimum absolute atomic E-state index is 0.0317. The molecular weight excluding hydrogens is 352 g/mol. The molecule has 0 aliphatic heterocycles. The van der Waals surface area contributed by atoms with Gasteiger partial charge in [0.2, 0.25) is 0 Å². The van der Waals surface area contributed by atoms with Crippen molar-refractivity contribution in [1.82, 2.24) is 9.97 Å². The summed E-state index contributed by atoms with van der Waals surface area (Å²) in [4.78, 5) is 30.5. The van der Waals surface area contributed by atoms with Gasteiger partial charge in [-0.25, -0.2) is 23.5 Å². The minimum Gasteiger partial charge on any atom is -0.478 e. The summed E-state index contributed by atoms with van der Waals surface area (Å²) in [6, 6.07) is 0.959. The Hall–Kier alpha value is -2.42. The third-order valence-corrected chi connectivity index (χ3v) is 2.81. The van der Waals surface area contributed by atoms with Crippen LogP contribution >= 0.6 is 15.9 Å². The number of hydrogen-bond donors (Lipinski definition) is 2. The van der Waals surface area contributed by atoms with Gasteiger partial charge in [-0.3, -0.25) is 4.79 Å². The fourth-order valence-electron chi connectivity index (χ4n) is 1.47. The molecule has 1 aromatic heterocycles. The molecule has 0 aliphatic rings. The van der Waals surface area contributed by atoms with Crippen molar-refractivity contribution in [1.29, 1.82) is 0 Å². The van der Waals surface area contributed by atoms with Crippen molar-refractivity contribution < 1.29 is 23.5 Å². The van der Waals surface area contributed by atoms with Gasteiger partial charge in [-0.15, -0.1) is 0 Å². The summed E-state index contributed by atoms with van der Waals surface area (Å²) < 4.78 is 26.7. The molecule has 0 spiro atoms. The van der Waals surface area contributed by atoms with Gasteiger partial charge in [0.15, 0.2) is 17.5 Å². The molecule has 1 amide bonds. The number of hydrogen-bond acceptors (Lipinski definition) is 4. The van der Waals surface area contributed by atoms with E-state index in [0.29, 0.717) is 16.7 Å². The van der Waals surface area contributed by atoms with Gasteiger partial charge in [0.05, 0.1) is 23.5 Å². The molecule has 9 heteroatoms. The first kappa shape index (κ1) is 15.0. The van der Waals surface area contributed by atoms with Crippen LogP contribution in [-0.4, -0.2) is 27.0 Å². The van der Waals surface area contributed by atoms with Gasteiger partial charge in [0, 0.05) is 0 Å². The van der Waals surface area contributed by atoms with Crippen molar-refractivity contribution in [2.24, 2.45) is 0 Å². The second-order valence-electron chi connectivity index (χ2n) is 3.80. The van der Waals surface area contributed by atoms with Gasteiger partial charge in [0.1, 0.15) is 4.60 Å². The van der Waals surface area contributed by atoms with E-state index in [2.05, 4.69) is 31.2 Å². The number of amides is 1. The highest BCUT2D eigenvalue weighted by Crippen LogP contribution is 2.17. The van der Waals surface area contributed by atoms with E-state index in [-0.39, 0.29) is 5.82 Å². The Morgan fingerprint density at radius 1 is 1.10 bits per heavy atom. The van der Waals surface area contributed by atoms with Gasteiger partial charge < -0.3 is 10.4 Å². The molecule has 6 nitrogen and oxygen atoms in total. The quantitative estimate of drug-likeness (QED) is 0.880. The second-order valence-corrected chi connectivity index (χ2v) is 4.61. The van der Waals surface area contributed by atoms with E-state index in [0.717, 1.165) is 0 Å². The molecule has 0 saturated carbocycles. The molecule has 2 aromatic rings. The summed E-state index contributed by atoms with van der Waals surface area (Å²) in [6.45, 7) is 0. The first-order valence-corrected chi connectivity index (χ1v) is 6.19. The summed E-state index contributed by atoms with van der Waals surface area (Å²) in [5.41, 5.74) is -1.18. The first-order valence-electron chi connectivity index (χ1n) is 5.39. The van der Waals surface area contributed by atoms with Crippen LogP contribution in [-0.2, 0) is 0 Å². The molecule has 0 unspecified atom stereocenters. The second kappa shape index (κ2) is 5.92. The highest BCUT2D eigenvalue weighted by molar-refractivity contribution is 9.10. The fraction of sp³-hybridized carbons (Fsp3) is 0. The Balaban J connectivity index is 2.36. The van der Waals surface area contributed by atoms with E-state index in [1.54, 1.807) is 0 Å². The van der Waals surface area contributed by atoms with Gasteiger partial charge in [-0.1, -0.05) is 0 Å². The molecule has 0 fully saturated rings. The Morgan fingerprint density at radius 2 is 1.71 bits per heavy atom. The third-order valence-electron chi connectivity index (χ3n) is 2.40. The van der Waals surface area contributed by atoms with Crippen LogP contribution in [0.25, 0.3) is 0 Å². The zero-order chi connectivity index (χ0) is 15.6. The normalized spacial score (nSPS) is 10.2. The molecule has 2 rings (SSSR count). The maximum absolute atomic E-state index is 13.2. The number of carbonyl (C=O) groups excluding carboxylic acids is 1. The van der Waals surface area contributed by atoms with Crippen LogP contribution in [0.5, 0.6) is 0 Å². The molecule has 1 aromatic carbocycles. The monoisotopic (exact) mass is 357 g/mol. The van der Waals surface area contributed by atoms with Crippen LogP contribution in [0, 0.1) is 11.6 Å². The minimum atomic E-state index is -1.55. The van der Waals surface area contributed by atoms with Crippen molar-refractivity contribution >= 4 is 33.6 Å². The lowest BCUT2D eigenvalue weighted by Crippen LogP contribution is -2.18. The number of aromatic carboxylic acids is 1. The molecular formula is C12H6BrF2N3O3. The van der Waals surface area contributed by atoms with Crippen molar-refractivity contribution in [2.45, 2.75) is 0 Å². The Labute approximate surface area is 125 Å². The molecule has 2 N–H and O–H groups in total. The topological polar surface area (TPSA) is 92.2 Å². The SMILES string of the molecule is O=C(O)c1cc(F)c(F)cc1C(=O)Nc1cnc(Br)cn1. The van der Waals surface area contributed by atoms with Crippen molar-refractivity contribution in [3.63, 3.8) is 0 Å². The van der Waals surface area contributed by atoms with Gasteiger partial charge in [-0.2, -0.15) is 0 Å². The number of rotatable bonds is 3. The lowest BCUT2D eigenvalue weighted by atomic mass is 10.1. The van der Waals surface area contributed by atoms with Gasteiger partial charge in [0.25, 0.3) is 5.91 Å². The summed E-state index contributed by atoms with van der Waals surface area (Å²) >= 11 is 3.05. The van der Waals surface area contributed by atoms with Gasteiger partial charge >= 0.3 is 5.97 Å². The lowest BCUT2D eigenvalue weighted by molar-refractivity contribution is 0.0691. The average molecular weight is 358 g/mol. The maximum atomic E-state index is 13.2. The van der Waals surface area contributed by atoms with E-state index in [1.807, 2.05) is 0 Å². The van der Waals surface area contributed by atoms with Crippen LogP contribution in [0.3, 0.4) is 0 Å². The number of aromatic nitrogens is 2. The number of carbonyl (C=O) groups is 2. The highest BCUT2D eigenvalue weighted by Gasteiger charge is 2.20. The predicted molar refractivity (Wildman–Crippen MR) is 71.0 cm³/mol. The standard InChI is InChI=1S/C12H6BrF2N3O3/c13-9-3-17-10(4-16-9)18-11(19)5-1-7(14)8(15)2-6(5)12(20)21/h1-4H,(H,20,21)(H,17,18,19). The molecule has 108 valence electrons. The zero-order valence-corrected chi connectivity index (χ0v) is 11.7. The Bertz CT molecular complexity index is 722. The van der Waals surface area contributed by atoms with Crippen LogP contribution in [0.2, 0.25) is 0 Å². The number of benzene rings is 1. The molecule has 0 radical (unpaired) electrons. The number of carboxylic acids is 1. The van der Waals surface area contributed by atoms with Crippen LogP contribution in [0.1, 0.15) is 20.7 Å². The number of nitrogens with zero attached hydrogens (tertiary/aromatic N) is 2. The van der Waals surface area contributed by atoms with Gasteiger partial charge in [-0.05, 0) is 28.1 Å². The molecule has 0 bridgehead atoms. The highest BCUT2D eigenvalue weighted by atomic mass is 79.9. The summed E-state index contributed by atoms with van der Waals surface area (Å²) in [7, 11) is 0. The third kappa shape index (κ3) is 3.37. The van der Waals surface area contributed by atoms with Crippen LogP contribution < -0.4 is 5.32 Å². The van der Waals surface area contributed by atoms with Crippen molar-refractivity contribution in [3.8, 4) is 0 Å². The number of nitrogens with one attached hydrogen (secondary N) is 1. The Kier molecular flexibility index (Phi) is 4.22. The van der Waals surface area contributed by atoms with E-state index in [4.69, 9.17) is 5.11 Å². The first-order chi connectivity index (χ1) is 9.88. The molecule has 0 atom stereocenters. The largest absolute Gasteiger partial charge is 0.478 e. The number of carboxylic acid groups (broad SMARTS) is 1. The van der Waals surface area contributed by atoms with E-state index in [9.17, 15) is 18.4 Å². The number of anilines is 1. The summed E-state index contributed by atoms with van der Waals surface area (Å²) in [5.74, 6) is -5.15. The maximum Gasteiger partial charge on any atom is 0.336 e. The van der Waals surface area contributed by atoms with Crippen molar-refractivity contribution in [2.75, 3.05) is 5.32 Å². The van der Waals surface area contributed by atoms with Crippen molar-refractivity contribution in [3.05, 3.63) is 51.9 Å². The van der Waals surface area contributed by atoms with E-state index >= 15 is 0 Å². The smallest absolute Gasteiger partial charge is 0.336 e. The van der Waals surface area contributed by atoms with E-state index in [1.165, 1.54) is 12.4 Å². The molecule has 21 heavy (non-hydrogen) atoms. The molecule has 0 aliphatic carbocycles. The van der Waals surface area contributed by atoms with E-state index < -0.39 is 34.6 Å². The summed E-state index contributed by atoms with van der Waals surface area (Å²) in [5, 5.41) is 11.2. The average Bonchev–Trinajstić information content (AvgIpc) is 2.43. The van der Waals surface area contributed by atoms with Crippen LogP contribution in [0.4, 0.5) is 14.6 Å². The fourth-order valence-corrected chi connectivity index (χ4v) is 1.68. The van der Waals surface area contributed by atoms with Crippen LogP contribution in [0.15, 0.2) is 29.1 Å². The zero-order valence-electron chi connectivity index (χ0n) is 10.1. The molecule has 1 heterocycles. The number of halogens is 3. The lowest BCUT2D eigenvalue weighted by Gasteiger charge is -2.07. The predicted octanol–water partition coefficient (Wildman–Crippen LogP) is 2.47. The molecule has 0 saturated heterocycles. The summed E-state index contributed by atoms with van der Waals surface area (Å²) in [6.07, 6.45) is 2.52.